The highest BCUT2D eigenvalue weighted by atomic mass is 16.5. The molecule has 1 aromatic carbocycles. The van der Waals surface area contributed by atoms with Crippen LogP contribution in [0.1, 0.15) is 37.9 Å². The zero-order valence-corrected chi connectivity index (χ0v) is 14.2. The molecule has 2 aromatic rings. The summed E-state index contributed by atoms with van der Waals surface area (Å²) in [5.74, 6) is 0. The van der Waals surface area contributed by atoms with Gasteiger partial charge in [-0.2, -0.15) is 0 Å². The van der Waals surface area contributed by atoms with Crippen LogP contribution < -0.4 is 0 Å². The number of aliphatic hydroxyl groups is 1. The summed E-state index contributed by atoms with van der Waals surface area (Å²) in [7, 11) is 0. The van der Waals surface area contributed by atoms with Gasteiger partial charge in [0.25, 0.3) is 0 Å². The van der Waals surface area contributed by atoms with Gasteiger partial charge in [-0.1, -0.05) is 23.4 Å². The van der Waals surface area contributed by atoms with Crippen LogP contribution in [0.2, 0.25) is 0 Å². The van der Waals surface area contributed by atoms with Crippen LogP contribution in [0.25, 0.3) is 5.69 Å². The van der Waals surface area contributed by atoms with E-state index in [1.807, 2.05) is 41.2 Å². The molecule has 1 aliphatic rings. The lowest BCUT2D eigenvalue weighted by molar-refractivity contribution is -0.00545. The third kappa shape index (κ3) is 4.20. The Hall–Kier alpha value is -1.76. The van der Waals surface area contributed by atoms with Gasteiger partial charge in [0.15, 0.2) is 0 Å². The van der Waals surface area contributed by atoms with Crippen LogP contribution >= 0.6 is 0 Å². The number of aliphatic hydroxyl groups excluding tert-OH is 1. The first kappa shape index (κ1) is 17.1. The van der Waals surface area contributed by atoms with E-state index >= 15 is 0 Å². The van der Waals surface area contributed by atoms with Crippen molar-refractivity contribution in [1.29, 1.82) is 0 Å². The third-order valence-corrected chi connectivity index (χ3v) is 4.64. The molecule has 24 heavy (non-hydrogen) atoms. The Balaban J connectivity index is 1.54. The average molecular weight is 330 g/mol. The second-order valence-corrected chi connectivity index (χ2v) is 6.28. The molecule has 1 unspecified atom stereocenters. The second-order valence-electron chi connectivity index (χ2n) is 6.28. The van der Waals surface area contributed by atoms with Gasteiger partial charge in [-0.25, -0.2) is 4.68 Å². The predicted molar refractivity (Wildman–Crippen MR) is 92.0 cm³/mol. The lowest BCUT2D eigenvalue weighted by Crippen LogP contribution is -2.38. The molecule has 1 aliphatic heterocycles. The van der Waals surface area contributed by atoms with E-state index in [2.05, 4.69) is 22.1 Å². The van der Waals surface area contributed by atoms with Gasteiger partial charge in [0.05, 0.1) is 29.7 Å². The van der Waals surface area contributed by atoms with E-state index < -0.39 is 0 Å². The zero-order valence-electron chi connectivity index (χ0n) is 14.2. The standard InChI is InChI=1S/C18H26N4O2/c1-15(21-10-8-17(9-11-21)24-13-5-12-23)18-14-22(20-19-18)16-6-3-2-4-7-16/h2-4,6-7,14-15,17,23H,5,8-13H2,1H3. The van der Waals surface area contributed by atoms with E-state index in [1.54, 1.807) is 0 Å². The van der Waals surface area contributed by atoms with Crippen LogP contribution in [0.15, 0.2) is 36.5 Å². The van der Waals surface area contributed by atoms with Gasteiger partial charge in [0, 0.05) is 26.3 Å². The molecule has 0 amide bonds. The number of likely N-dealkylation sites (tertiary alicyclic amines) is 1. The molecule has 1 N–H and O–H groups in total. The van der Waals surface area contributed by atoms with E-state index in [9.17, 15) is 0 Å². The van der Waals surface area contributed by atoms with Crippen molar-refractivity contribution in [2.24, 2.45) is 0 Å². The average Bonchev–Trinajstić information content (AvgIpc) is 3.13. The molecule has 1 aromatic heterocycles. The van der Waals surface area contributed by atoms with E-state index in [4.69, 9.17) is 9.84 Å². The van der Waals surface area contributed by atoms with Crippen molar-refractivity contribution in [2.45, 2.75) is 38.3 Å². The maximum Gasteiger partial charge on any atom is 0.1000 e. The van der Waals surface area contributed by atoms with E-state index in [-0.39, 0.29) is 12.6 Å². The molecule has 6 nitrogen and oxygen atoms in total. The van der Waals surface area contributed by atoms with E-state index in [0.717, 1.165) is 43.7 Å². The smallest absolute Gasteiger partial charge is 0.1000 e. The SMILES string of the molecule is CC(c1cn(-c2ccccc2)nn1)N1CCC(OCCCO)CC1. The summed E-state index contributed by atoms with van der Waals surface area (Å²) in [6.45, 7) is 5.05. The van der Waals surface area contributed by atoms with Crippen LogP contribution in [0.3, 0.4) is 0 Å². The minimum absolute atomic E-state index is 0.201. The fraction of sp³-hybridized carbons (Fsp3) is 0.556. The number of para-hydroxylation sites is 1. The Morgan fingerprint density at radius 3 is 2.71 bits per heavy atom. The van der Waals surface area contributed by atoms with Gasteiger partial charge in [-0.15, -0.1) is 5.10 Å². The number of hydrogen-bond acceptors (Lipinski definition) is 5. The highest BCUT2D eigenvalue weighted by molar-refractivity contribution is 5.30. The minimum atomic E-state index is 0.201. The molecule has 1 fully saturated rings. The monoisotopic (exact) mass is 330 g/mol. The summed E-state index contributed by atoms with van der Waals surface area (Å²) in [5, 5.41) is 17.4. The molecular weight excluding hydrogens is 304 g/mol. The molecule has 2 heterocycles. The van der Waals surface area contributed by atoms with Crippen LogP contribution in [0.4, 0.5) is 0 Å². The van der Waals surface area contributed by atoms with Crippen LogP contribution in [-0.2, 0) is 4.74 Å². The van der Waals surface area contributed by atoms with Gasteiger partial charge in [-0.05, 0) is 38.3 Å². The van der Waals surface area contributed by atoms with E-state index in [1.165, 1.54) is 0 Å². The van der Waals surface area contributed by atoms with Gasteiger partial charge in [-0.3, -0.25) is 4.90 Å². The first-order chi connectivity index (χ1) is 11.8. The highest BCUT2D eigenvalue weighted by Crippen LogP contribution is 2.24. The molecule has 0 bridgehead atoms. The molecule has 0 radical (unpaired) electrons. The van der Waals surface area contributed by atoms with Crippen LogP contribution in [0.5, 0.6) is 0 Å². The zero-order chi connectivity index (χ0) is 16.8. The molecule has 6 heteroatoms. The Labute approximate surface area is 143 Å². The lowest BCUT2D eigenvalue weighted by Gasteiger charge is -2.35. The Morgan fingerprint density at radius 2 is 2.00 bits per heavy atom. The molecular formula is C18H26N4O2. The molecule has 0 saturated carbocycles. The van der Waals surface area contributed by atoms with Crippen molar-refractivity contribution >= 4 is 0 Å². The van der Waals surface area contributed by atoms with Gasteiger partial charge in [0.1, 0.15) is 0 Å². The molecule has 0 spiro atoms. The van der Waals surface area contributed by atoms with Gasteiger partial charge >= 0.3 is 0 Å². The topological polar surface area (TPSA) is 63.4 Å². The summed E-state index contributed by atoms with van der Waals surface area (Å²) >= 11 is 0. The molecule has 3 rings (SSSR count). The summed E-state index contributed by atoms with van der Waals surface area (Å²) < 4.78 is 7.63. The summed E-state index contributed by atoms with van der Waals surface area (Å²) in [6, 6.07) is 10.3. The van der Waals surface area contributed by atoms with Crippen molar-refractivity contribution in [1.82, 2.24) is 19.9 Å². The summed E-state index contributed by atoms with van der Waals surface area (Å²) in [5.41, 5.74) is 2.03. The fourth-order valence-corrected chi connectivity index (χ4v) is 3.11. The van der Waals surface area contributed by atoms with Gasteiger partial charge in [0.2, 0.25) is 0 Å². The summed E-state index contributed by atoms with van der Waals surface area (Å²) in [4.78, 5) is 2.44. The number of nitrogens with zero attached hydrogens (tertiary/aromatic N) is 4. The number of benzene rings is 1. The lowest BCUT2D eigenvalue weighted by atomic mass is 10.0. The van der Waals surface area contributed by atoms with Crippen molar-refractivity contribution in [3.8, 4) is 5.69 Å². The third-order valence-electron chi connectivity index (χ3n) is 4.64. The Morgan fingerprint density at radius 1 is 1.25 bits per heavy atom. The van der Waals surface area contributed by atoms with Crippen molar-refractivity contribution in [3.63, 3.8) is 0 Å². The number of rotatable bonds is 7. The number of ether oxygens (including phenoxy) is 1. The minimum Gasteiger partial charge on any atom is -0.396 e. The summed E-state index contributed by atoms with van der Waals surface area (Å²) in [6.07, 6.45) is 5.12. The van der Waals surface area contributed by atoms with Crippen molar-refractivity contribution in [2.75, 3.05) is 26.3 Å². The van der Waals surface area contributed by atoms with Crippen molar-refractivity contribution < 1.29 is 9.84 Å². The molecule has 0 aliphatic carbocycles. The number of hydrogen-bond donors (Lipinski definition) is 1. The normalized spacial score (nSPS) is 17.9. The van der Waals surface area contributed by atoms with Crippen LogP contribution in [-0.4, -0.2) is 57.4 Å². The highest BCUT2D eigenvalue weighted by Gasteiger charge is 2.25. The second kappa shape index (κ2) is 8.37. The fourth-order valence-electron chi connectivity index (χ4n) is 3.11. The maximum absolute atomic E-state index is 8.82. The largest absolute Gasteiger partial charge is 0.396 e. The molecule has 1 atom stereocenters. The van der Waals surface area contributed by atoms with E-state index in [0.29, 0.717) is 12.7 Å². The number of piperidine rings is 1. The van der Waals surface area contributed by atoms with Crippen LogP contribution in [0, 0.1) is 0 Å². The maximum atomic E-state index is 8.82. The first-order valence-electron chi connectivity index (χ1n) is 8.72. The number of aromatic nitrogens is 3. The Bertz CT molecular complexity index is 608. The van der Waals surface area contributed by atoms with Crippen molar-refractivity contribution in [3.05, 3.63) is 42.2 Å². The van der Waals surface area contributed by atoms with Gasteiger partial charge < -0.3 is 9.84 Å². The quantitative estimate of drug-likeness (QED) is 0.789. The predicted octanol–water partition coefficient (Wildman–Crippen LogP) is 2.19. The first-order valence-corrected chi connectivity index (χ1v) is 8.72. The molecule has 130 valence electrons. The molecule has 1 saturated heterocycles. The Kier molecular flexibility index (Phi) is 5.96.